The number of hydrogen-bond donors (Lipinski definition) is 2. The average Bonchev–Trinajstić information content (AvgIpc) is 2.47. The lowest BCUT2D eigenvalue weighted by Gasteiger charge is -2.26. The molecule has 3 N–H and O–H groups in total. The molecule has 1 aromatic rings. The van der Waals surface area contributed by atoms with Gasteiger partial charge in [-0.15, -0.1) is 0 Å². The van der Waals surface area contributed by atoms with E-state index in [0.29, 0.717) is 43.4 Å². The van der Waals surface area contributed by atoms with Gasteiger partial charge in [-0.2, -0.15) is 0 Å². The van der Waals surface area contributed by atoms with Gasteiger partial charge in [-0.05, 0) is 29.3 Å². The Morgan fingerprint density at radius 2 is 2.00 bits per heavy atom. The van der Waals surface area contributed by atoms with Gasteiger partial charge in [-0.3, -0.25) is 4.79 Å². The van der Waals surface area contributed by atoms with Crippen molar-refractivity contribution in [2.45, 2.75) is 20.3 Å². The van der Waals surface area contributed by atoms with E-state index in [2.05, 4.69) is 21.2 Å². The normalized spacial score (nSPS) is 16.4. The van der Waals surface area contributed by atoms with Crippen LogP contribution in [0.25, 0.3) is 0 Å². The van der Waals surface area contributed by atoms with E-state index in [1.54, 1.807) is 12.1 Å². The van der Waals surface area contributed by atoms with Gasteiger partial charge >= 0.3 is 0 Å². The number of carbonyl (C=O) groups excluding carboxylic acids is 1. The number of carbonyl (C=O) groups is 1. The van der Waals surface area contributed by atoms with Crippen LogP contribution in [0, 0.1) is 5.41 Å². The minimum Gasteiger partial charge on any atom is -0.486 e. The molecule has 1 aromatic carbocycles. The van der Waals surface area contributed by atoms with Crippen LogP contribution in [0.1, 0.15) is 20.3 Å². The third-order valence-corrected chi connectivity index (χ3v) is 4.32. The lowest BCUT2D eigenvalue weighted by molar-refractivity contribution is -0.124. The summed E-state index contributed by atoms with van der Waals surface area (Å²) in [7, 11) is 0. The number of nitrogens with one attached hydrogen (secondary N) is 1. The molecule has 1 amide bonds. The number of hydrogen-bond acceptors (Lipinski definition) is 4. The molecular weight excluding hydrogens is 324 g/mol. The molecule has 1 atom stereocenters. The van der Waals surface area contributed by atoms with Crippen LogP contribution in [0.2, 0.25) is 0 Å². The molecule has 0 spiro atoms. The fourth-order valence-electron chi connectivity index (χ4n) is 1.83. The molecule has 1 aliphatic heterocycles. The number of fused-ring (bicyclic) bond motifs is 1. The van der Waals surface area contributed by atoms with E-state index in [4.69, 9.17) is 15.2 Å². The van der Waals surface area contributed by atoms with Crippen LogP contribution in [0.5, 0.6) is 11.5 Å². The van der Waals surface area contributed by atoms with Gasteiger partial charge in [0.05, 0.1) is 11.1 Å². The van der Waals surface area contributed by atoms with Gasteiger partial charge < -0.3 is 20.5 Å². The molecule has 2 rings (SSSR count). The first kappa shape index (κ1) is 15.1. The van der Waals surface area contributed by atoms with Crippen LogP contribution in [0.3, 0.4) is 0 Å². The quantitative estimate of drug-likeness (QED) is 0.881. The smallest absolute Gasteiger partial charge is 0.231 e. The summed E-state index contributed by atoms with van der Waals surface area (Å²) in [6.45, 7) is 5.15. The fraction of sp³-hybridized carbons (Fsp3) is 0.500. The maximum Gasteiger partial charge on any atom is 0.231 e. The third kappa shape index (κ3) is 2.91. The monoisotopic (exact) mass is 342 g/mol. The number of nitrogens with two attached hydrogens (primary N) is 1. The van der Waals surface area contributed by atoms with Gasteiger partial charge in [0.15, 0.2) is 11.5 Å². The fourth-order valence-corrected chi connectivity index (χ4v) is 2.25. The van der Waals surface area contributed by atoms with Crippen molar-refractivity contribution in [1.82, 2.24) is 0 Å². The molecule has 0 aliphatic carbocycles. The summed E-state index contributed by atoms with van der Waals surface area (Å²) in [6, 6.07) is 3.57. The molecule has 0 fully saturated rings. The van der Waals surface area contributed by atoms with Gasteiger partial charge in [0.25, 0.3) is 0 Å². The highest BCUT2D eigenvalue weighted by Crippen LogP contribution is 2.38. The van der Waals surface area contributed by atoms with E-state index in [-0.39, 0.29) is 5.91 Å². The molecule has 0 bridgehead atoms. The van der Waals surface area contributed by atoms with Crippen LogP contribution >= 0.6 is 15.9 Å². The highest BCUT2D eigenvalue weighted by Gasteiger charge is 2.30. The predicted octanol–water partition coefficient (Wildman–Crippen LogP) is 2.53. The minimum absolute atomic E-state index is 0.0973. The molecule has 110 valence electrons. The second-order valence-electron chi connectivity index (χ2n) is 5.05. The molecular formula is C14H19BrN2O3. The lowest BCUT2D eigenvalue weighted by Crippen LogP contribution is -2.39. The Morgan fingerprint density at radius 1 is 1.40 bits per heavy atom. The topological polar surface area (TPSA) is 73.6 Å². The molecule has 0 saturated carbocycles. The maximum atomic E-state index is 12.3. The lowest BCUT2D eigenvalue weighted by atomic mass is 9.86. The highest BCUT2D eigenvalue weighted by atomic mass is 79.9. The Kier molecular flexibility index (Phi) is 4.55. The molecule has 0 aromatic heterocycles. The zero-order chi connectivity index (χ0) is 14.8. The van der Waals surface area contributed by atoms with Crippen molar-refractivity contribution in [2.24, 2.45) is 11.1 Å². The van der Waals surface area contributed by atoms with Crippen molar-refractivity contribution in [2.75, 3.05) is 25.1 Å². The van der Waals surface area contributed by atoms with Crippen LogP contribution in [-0.4, -0.2) is 25.7 Å². The Morgan fingerprint density at radius 3 is 2.55 bits per heavy atom. The first-order valence-corrected chi connectivity index (χ1v) is 7.40. The molecule has 5 nitrogen and oxygen atoms in total. The standard InChI is InChI=1S/C14H19BrN2O3/c1-3-14(2,8-16)13(18)17-10-7-12-11(6-9(10)15)19-4-5-20-12/h6-7H,3-5,8,16H2,1-2H3,(H,17,18). The number of benzene rings is 1. The Hall–Kier alpha value is -1.27. The summed E-state index contributed by atoms with van der Waals surface area (Å²) in [6.07, 6.45) is 0.678. The van der Waals surface area contributed by atoms with Crippen molar-refractivity contribution >= 4 is 27.5 Å². The van der Waals surface area contributed by atoms with Gasteiger partial charge in [-0.1, -0.05) is 6.92 Å². The van der Waals surface area contributed by atoms with E-state index in [9.17, 15) is 4.79 Å². The SMILES string of the molecule is CCC(C)(CN)C(=O)Nc1cc2c(cc1Br)OCCO2. The number of halogens is 1. The van der Waals surface area contributed by atoms with Crippen molar-refractivity contribution in [3.8, 4) is 11.5 Å². The molecule has 20 heavy (non-hydrogen) atoms. The molecule has 1 unspecified atom stereocenters. The summed E-state index contributed by atoms with van der Waals surface area (Å²) in [5.74, 6) is 1.22. The predicted molar refractivity (Wildman–Crippen MR) is 81.2 cm³/mol. The molecule has 0 saturated heterocycles. The minimum atomic E-state index is -0.577. The third-order valence-electron chi connectivity index (χ3n) is 3.66. The molecule has 0 radical (unpaired) electrons. The van der Waals surface area contributed by atoms with E-state index in [0.717, 1.165) is 4.47 Å². The zero-order valence-electron chi connectivity index (χ0n) is 11.7. The second kappa shape index (κ2) is 6.01. The summed E-state index contributed by atoms with van der Waals surface area (Å²) in [5.41, 5.74) is 5.79. The Labute approximate surface area is 126 Å². The summed E-state index contributed by atoms with van der Waals surface area (Å²) in [4.78, 5) is 12.3. The molecule has 6 heteroatoms. The first-order valence-electron chi connectivity index (χ1n) is 6.61. The van der Waals surface area contributed by atoms with Crippen molar-refractivity contribution in [3.05, 3.63) is 16.6 Å². The van der Waals surface area contributed by atoms with Gasteiger partial charge in [-0.25, -0.2) is 0 Å². The summed E-state index contributed by atoms with van der Waals surface area (Å²) in [5, 5.41) is 2.90. The van der Waals surface area contributed by atoms with E-state index in [1.165, 1.54) is 0 Å². The van der Waals surface area contributed by atoms with Crippen LogP contribution in [0.4, 0.5) is 5.69 Å². The second-order valence-corrected chi connectivity index (χ2v) is 5.90. The highest BCUT2D eigenvalue weighted by molar-refractivity contribution is 9.10. The van der Waals surface area contributed by atoms with E-state index >= 15 is 0 Å². The number of amides is 1. The largest absolute Gasteiger partial charge is 0.486 e. The van der Waals surface area contributed by atoms with Crippen molar-refractivity contribution in [3.63, 3.8) is 0 Å². The van der Waals surface area contributed by atoms with Crippen molar-refractivity contribution < 1.29 is 14.3 Å². The van der Waals surface area contributed by atoms with Gasteiger partial charge in [0.2, 0.25) is 5.91 Å². The summed E-state index contributed by atoms with van der Waals surface area (Å²) >= 11 is 3.43. The van der Waals surface area contributed by atoms with Gasteiger partial charge in [0, 0.05) is 23.2 Å². The van der Waals surface area contributed by atoms with E-state index < -0.39 is 5.41 Å². The summed E-state index contributed by atoms with van der Waals surface area (Å²) < 4.78 is 11.8. The van der Waals surface area contributed by atoms with E-state index in [1.807, 2.05) is 13.8 Å². The average molecular weight is 343 g/mol. The Bertz CT molecular complexity index is 515. The van der Waals surface area contributed by atoms with Crippen LogP contribution in [-0.2, 0) is 4.79 Å². The van der Waals surface area contributed by atoms with Crippen LogP contribution in [0.15, 0.2) is 16.6 Å². The molecule has 1 heterocycles. The Balaban J connectivity index is 2.23. The van der Waals surface area contributed by atoms with Crippen LogP contribution < -0.4 is 20.5 Å². The number of anilines is 1. The number of ether oxygens (including phenoxy) is 2. The molecule has 1 aliphatic rings. The zero-order valence-corrected chi connectivity index (χ0v) is 13.2. The number of rotatable bonds is 4. The van der Waals surface area contributed by atoms with Gasteiger partial charge in [0.1, 0.15) is 13.2 Å². The maximum absolute atomic E-state index is 12.3. The van der Waals surface area contributed by atoms with Crippen molar-refractivity contribution in [1.29, 1.82) is 0 Å². The first-order chi connectivity index (χ1) is 9.50.